The van der Waals surface area contributed by atoms with E-state index < -0.39 is 0 Å². The zero-order chi connectivity index (χ0) is 6.69. The molecule has 0 saturated carbocycles. The Kier molecular flexibility index (Phi) is 2.76. The summed E-state index contributed by atoms with van der Waals surface area (Å²) in [5.41, 5.74) is 5.67. The summed E-state index contributed by atoms with van der Waals surface area (Å²) in [6.45, 7) is 3.16. The lowest BCUT2D eigenvalue weighted by Gasteiger charge is -2.11. The molecule has 0 radical (unpaired) electrons. The van der Waals surface area contributed by atoms with E-state index in [2.05, 4.69) is 4.90 Å². The zero-order valence-electron chi connectivity index (χ0n) is 5.52. The van der Waals surface area contributed by atoms with E-state index in [0.717, 1.165) is 31.9 Å². The molecule has 0 bridgehead atoms. The van der Waals surface area contributed by atoms with Gasteiger partial charge >= 0.3 is 0 Å². The van der Waals surface area contributed by atoms with Gasteiger partial charge in [-0.3, -0.25) is 0 Å². The number of hydrogen-bond donors (Lipinski definition) is 1. The molecule has 1 rings (SSSR count). The summed E-state index contributed by atoms with van der Waals surface area (Å²) in [4.78, 5) is 2.30. The van der Waals surface area contributed by atoms with Crippen LogP contribution in [0.1, 0.15) is 6.42 Å². The summed E-state index contributed by atoms with van der Waals surface area (Å²) in [6, 6.07) is 0.396. The van der Waals surface area contributed by atoms with Crippen LogP contribution in [-0.4, -0.2) is 36.5 Å². The molecule has 9 heavy (non-hydrogen) atoms. The van der Waals surface area contributed by atoms with Gasteiger partial charge in [-0.05, 0) is 13.0 Å². The number of nitrogens with zero attached hydrogens (tertiary/aromatic N) is 1. The van der Waals surface area contributed by atoms with E-state index in [-0.39, 0.29) is 0 Å². The highest BCUT2D eigenvalue weighted by Crippen LogP contribution is 2.05. The van der Waals surface area contributed by atoms with Crippen molar-refractivity contribution in [2.24, 2.45) is 5.73 Å². The second kappa shape index (κ2) is 3.40. The van der Waals surface area contributed by atoms with Crippen LogP contribution in [0.25, 0.3) is 0 Å². The Labute approximate surface area is 61.0 Å². The minimum absolute atomic E-state index is 0.396. The van der Waals surface area contributed by atoms with Crippen molar-refractivity contribution < 1.29 is 0 Å². The molecule has 0 aromatic heterocycles. The van der Waals surface area contributed by atoms with Crippen LogP contribution in [0.5, 0.6) is 0 Å². The van der Waals surface area contributed by atoms with Gasteiger partial charge in [0.15, 0.2) is 0 Å². The SMILES string of the molecule is NC1CCN(CCCl)C1. The minimum atomic E-state index is 0.396. The Morgan fingerprint density at radius 1 is 1.67 bits per heavy atom. The molecule has 1 heterocycles. The van der Waals surface area contributed by atoms with Gasteiger partial charge in [0.05, 0.1) is 0 Å². The smallest absolute Gasteiger partial charge is 0.0351 e. The summed E-state index contributed by atoms with van der Waals surface area (Å²) < 4.78 is 0. The van der Waals surface area contributed by atoms with Crippen LogP contribution < -0.4 is 5.73 Å². The fourth-order valence-electron chi connectivity index (χ4n) is 1.19. The molecule has 1 aliphatic rings. The molecule has 1 fully saturated rings. The molecule has 0 spiro atoms. The van der Waals surface area contributed by atoms with Crippen LogP contribution >= 0.6 is 11.6 Å². The fourth-order valence-corrected chi connectivity index (χ4v) is 1.42. The Bertz CT molecular complexity index is 85.1. The van der Waals surface area contributed by atoms with E-state index in [1.54, 1.807) is 0 Å². The maximum absolute atomic E-state index is 5.67. The summed E-state index contributed by atoms with van der Waals surface area (Å²) in [6.07, 6.45) is 1.14. The lowest BCUT2D eigenvalue weighted by atomic mass is 10.3. The van der Waals surface area contributed by atoms with Crippen molar-refractivity contribution in [1.29, 1.82) is 0 Å². The number of likely N-dealkylation sites (tertiary alicyclic amines) is 1. The van der Waals surface area contributed by atoms with Crippen LogP contribution in [0, 0.1) is 0 Å². The molecule has 1 saturated heterocycles. The van der Waals surface area contributed by atoms with Gasteiger partial charge in [-0.15, -0.1) is 11.6 Å². The van der Waals surface area contributed by atoms with Crippen molar-refractivity contribution in [2.45, 2.75) is 12.5 Å². The zero-order valence-corrected chi connectivity index (χ0v) is 6.27. The largest absolute Gasteiger partial charge is 0.326 e. The van der Waals surface area contributed by atoms with Crippen molar-refractivity contribution >= 4 is 11.6 Å². The molecular formula is C6H13ClN2. The topological polar surface area (TPSA) is 29.3 Å². The highest BCUT2D eigenvalue weighted by molar-refractivity contribution is 6.18. The van der Waals surface area contributed by atoms with Gasteiger partial charge in [-0.25, -0.2) is 0 Å². The predicted molar refractivity (Wildman–Crippen MR) is 39.8 cm³/mol. The van der Waals surface area contributed by atoms with Crippen molar-refractivity contribution in [3.63, 3.8) is 0 Å². The van der Waals surface area contributed by atoms with Crippen LogP contribution in [0.2, 0.25) is 0 Å². The average Bonchev–Trinajstić information content (AvgIpc) is 2.17. The second-order valence-corrected chi connectivity index (χ2v) is 2.92. The quantitative estimate of drug-likeness (QED) is 0.570. The molecule has 0 aromatic carbocycles. The van der Waals surface area contributed by atoms with Gasteiger partial charge in [0.25, 0.3) is 0 Å². The van der Waals surface area contributed by atoms with E-state index in [1.165, 1.54) is 0 Å². The van der Waals surface area contributed by atoms with Gasteiger partial charge in [0.2, 0.25) is 0 Å². The monoisotopic (exact) mass is 148 g/mol. The summed E-state index contributed by atoms with van der Waals surface area (Å²) in [5.74, 6) is 0.729. The molecular weight excluding hydrogens is 136 g/mol. The van der Waals surface area contributed by atoms with Crippen molar-refractivity contribution in [3.05, 3.63) is 0 Å². The first-order valence-electron chi connectivity index (χ1n) is 3.37. The maximum Gasteiger partial charge on any atom is 0.0351 e. The summed E-state index contributed by atoms with van der Waals surface area (Å²) in [5, 5.41) is 0. The first kappa shape index (κ1) is 7.32. The van der Waals surface area contributed by atoms with E-state index >= 15 is 0 Å². The van der Waals surface area contributed by atoms with Crippen LogP contribution in [0.15, 0.2) is 0 Å². The third-order valence-electron chi connectivity index (χ3n) is 1.71. The van der Waals surface area contributed by atoms with Crippen molar-refractivity contribution in [2.75, 3.05) is 25.5 Å². The van der Waals surface area contributed by atoms with Gasteiger partial charge in [0, 0.05) is 25.0 Å². The molecule has 2 nitrogen and oxygen atoms in total. The Balaban J connectivity index is 2.14. The highest BCUT2D eigenvalue weighted by atomic mass is 35.5. The molecule has 54 valence electrons. The number of hydrogen-bond acceptors (Lipinski definition) is 2. The Morgan fingerprint density at radius 3 is 2.89 bits per heavy atom. The summed E-state index contributed by atoms with van der Waals surface area (Å²) in [7, 11) is 0. The van der Waals surface area contributed by atoms with E-state index in [0.29, 0.717) is 6.04 Å². The number of halogens is 1. The molecule has 0 aliphatic carbocycles. The van der Waals surface area contributed by atoms with Crippen LogP contribution in [0.3, 0.4) is 0 Å². The lowest BCUT2D eigenvalue weighted by Crippen LogP contribution is -2.27. The number of nitrogens with two attached hydrogens (primary N) is 1. The number of rotatable bonds is 2. The molecule has 0 aromatic rings. The third kappa shape index (κ3) is 2.12. The van der Waals surface area contributed by atoms with Crippen molar-refractivity contribution in [3.8, 4) is 0 Å². The van der Waals surface area contributed by atoms with E-state index in [9.17, 15) is 0 Å². The third-order valence-corrected chi connectivity index (χ3v) is 1.88. The predicted octanol–water partition coefficient (Wildman–Crippen LogP) is 0.258. The van der Waals surface area contributed by atoms with Gasteiger partial charge in [-0.1, -0.05) is 0 Å². The first-order valence-corrected chi connectivity index (χ1v) is 3.90. The van der Waals surface area contributed by atoms with E-state index in [4.69, 9.17) is 17.3 Å². The average molecular weight is 149 g/mol. The van der Waals surface area contributed by atoms with Gasteiger partial charge in [0.1, 0.15) is 0 Å². The van der Waals surface area contributed by atoms with Gasteiger partial charge < -0.3 is 10.6 Å². The molecule has 2 N–H and O–H groups in total. The highest BCUT2D eigenvalue weighted by Gasteiger charge is 2.17. The standard InChI is InChI=1S/C6H13ClN2/c7-2-4-9-3-1-6(8)5-9/h6H,1-5,8H2. The summed E-state index contributed by atoms with van der Waals surface area (Å²) >= 11 is 5.55. The van der Waals surface area contributed by atoms with Crippen molar-refractivity contribution in [1.82, 2.24) is 4.90 Å². The molecule has 0 amide bonds. The molecule has 1 unspecified atom stereocenters. The molecule has 1 aliphatic heterocycles. The van der Waals surface area contributed by atoms with Crippen LogP contribution in [-0.2, 0) is 0 Å². The Morgan fingerprint density at radius 2 is 2.44 bits per heavy atom. The number of alkyl halides is 1. The minimum Gasteiger partial charge on any atom is -0.326 e. The maximum atomic E-state index is 5.67. The second-order valence-electron chi connectivity index (χ2n) is 2.54. The Hall–Kier alpha value is 0.210. The normalized spacial score (nSPS) is 29.3. The van der Waals surface area contributed by atoms with E-state index in [1.807, 2.05) is 0 Å². The lowest BCUT2D eigenvalue weighted by molar-refractivity contribution is 0.356. The van der Waals surface area contributed by atoms with Crippen LogP contribution in [0.4, 0.5) is 0 Å². The molecule has 1 atom stereocenters. The molecule has 3 heteroatoms. The first-order chi connectivity index (χ1) is 4.33. The van der Waals surface area contributed by atoms with Gasteiger partial charge in [-0.2, -0.15) is 0 Å². The fraction of sp³-hybridized carbons (Fsp3) is 1.00.